The van der Waals surface area contributed by atoms with E-state index >= 15 is 0 Å². The van der Waals surface area contributed by atoms with Gasteiger partial charge in [0.25, 0.3) is 0 Å². The molecule has 0 fully saturated rings. The summed E-state index contributed by atoms with van der Waals surface area (Å²) in [4.78, 5) is 10.2. The van der Waals surface area contributed by atoms with Crippen LogP contribution in [0.2, 0.25) is 0 Å². The molecule has 1 aromatic rings. The van der Waals surface area contributed by atoms with E-state index in [-0.39, 0.29) is 5.69 Å². The Morgan fingerprint density at radius 3 is 2.64 bits per heavy atom. The molecule has 0 aliphatic heterocycles. The van der Waals surface area contributed by atoms with Gasteiger partial charge in [-0.05, 0) is 6.07 Å². The normalized spacial score (nSPS) is 9.55. The minimum atomic E-state index is -1.56. The summed E-state index contributed by atoms with van der Waals surface area (Å²) < 4.78 is 12.7. The van der Waals surface area contributed by atoms with Gasteiger partial charge < -0.3 is 15.6 Å². The van der Waals surface area contributed by atoms with Gasteiger partial charge in [-0.15, -0.1) is 0 Å². The van der Waals surface area contributed by atoms with Crippen molar-refractivity contribution >= 4 is 11.7 Å². The van der Waals surface area contributed by atoms with Gasteiger partial charge in [0.05, 0.1) is 11.7 Å². The van der Waals surface area contributed by atoms with Crippen molar-refractivity contribution in [2.45, 2.75) is 0 Å². The first-order chi connectivity index (χ1) is 5.13. The molecule has 1 rings (SSSR count). The Bertz CT molecular complexity index is 298. The molecule has 0 bridgehead atoms. The van der Waals surface area contributed by atoms with Crippen LogP contribution in [0.15, 0.2) is 18.2 Å². The van der Waals surface area contributed by atoms with Gasteiger partial charge in [0, 0.05) is 5.56 Å². The zero-order chi connectivity index (χ0) is 8.43. The van der Waals surface area contributed by atoms with E-state index in [1.807, 2.05) is 0 Å². The largest absolute Gasteiger partial charge is 0.545 e. The van der Waals surface area contributed by atoms with E-state index in [1.54, 1.807) is 0 Å². The van der Waals surface area contributed by atoms with Crippen molar-refractivity contribution in [1.29, 1.82) is 0 Å². The molecule has 0 radical (unpaired) electrons. The van der Waals surface area contributed by atoms with E-state index < -0.39 is 17.3 Å². The maximum atomic E-state index is 12.7. The molecule has 3 nitrogen and oxygen atoms in total. The SMILES string of the molecule is Nc1cccc(C(=O)[O-])c1F. The van der Waals surface area contributed by atoms with E-state index in [1.165, 1.54) is 12.1 Å². The summed E-state index contributed by atoms with van der Waals surface area (Å²) in [6.45, 7) is 0. The van der Waals surface area contributed by atoms with E-state index in [4.69, 9.17) is 5.73 Å². The maximum absolute atomic E-state index is 12.7. The smallest absolute Gasteiger partial charge is 0.155 e. The standard InChI is InChI=1S/C7H6FNO2/c8-6-4(7(10)11)2-1-3-5(6)9/h1-3H,9H2,(H,10,11)/p-1. The van der Waals surface area contributed by atoms with Crippen LogP contribution >= 0.6 is 0 Å². The van der Waals surface area contributed by atoms with Gasteiger partial charge >= 0.3 is 0 Å². The Hall–Kier alpha value is -1.58. The number of carboxylic acids is 1. The van der Waals surface area contributed by atoms with E-state index in [9.17, 15) is 14.3 Å². The number of carbonyl (C=O) groups is 1. The van der Waals surface area contributed by atoms with Gasteiger partial charge in [-0.1, -0.05) is 12.1 Å². The zero-order valence-corrected chi connectivity index (χ0v) is 5.50. The van der Waals surface area contributed by atoms with Crippen molar-refractivity contribution in [2.75, 3.05) is 5.73 Å². The molecule has 0 atom stereocenters. The lowest BCUT2D eigenvalue weighted by Gasteiger charge is -2.04. The van der Waals surface area contributed by atoms with Crippen molar-refractivity contribution < 1.29 is 14.3 Å². The fourth-order valence-corrected chi connectivity index (χ4v) is 0.707. The average molecular weight is 154 g/mol. The monoisotopic (exact) mass is 154 g/mol. The molecule has 11 heavy (non-hydrogen) atoms. The number of benzene rings is 1. The van der Waals surface area contributed by atoms with Crippen LogP contribution in [-0.4, -0.2) is 5.97 Å². The quantitative estimate of drug-likeness (QED) is 0.568. The minimum Gasteiger partial charge on any atom is -0.545 e. The molecule has 4 heteroatoms. The summed E-state index contributed by atoms with van der Waals surface area (Å²) in [6, 6.07) is 3.73. The lowest BCUT2D eigenvalue weighted by molar-refractivity contribution is -0.255. The summed E-state index contributed by atoms with van der Waals surface area (Å²) >= 11 is 0. The number of anilines is 1. The third kappa shape index (κ3) is 1.29. The van der Waals surface area contributed by atoms with Gasteiger partial charge in [-0.3, -0.25) is 0 Å². The molecule has 0 aromatic heterocycles. The van der Waals surface area contributed by atoms with Gasteiger partial charge in [0.2, 0.25) is 0 Å². The third-order valence-electron chi connectivity index (χ3n) is 1.25. The fourth-order valence-electron chi connectivity index (χ4n) is 0.707. The molecule has 0 aliphatic carbocycles. The molecule has 1 aromatic carbocycles. The molecule has 0 amide bonds. The van der Waals surface area contributed by atoms with Crippen LogP contribution in [0.25, 0.3) is 0 Å². The first-order valence-corrected chi connectivity index (χ1v) is 2.88. The molecular weight excluding hydrogens is 149 g/mol. The van der Waals surface area contributed by atoms with Crippen LogP contribution < -0.4 is 10.8 Å². The molecular formula is C7H5FNO2-. The van der Waals surface area contributed by atoms with Crippen molar-refractivity contribution in [1.82, 2.24) is 0 Å². The second kappa shape index (κ2) is 2.57. The highest BCUT2D eigenvalue weighted by Crippen LogP contribution is 2.13. The molecule has 0 heterocycles. The number of hydrogen-bond donors (Lipinski definition) is 1. The Morgan fingerprint density at radius 1 is 1.55 bits per heavy atom. The van der Waals surface area contributed by atoms with E-state index in [0.29, 0.717) is 0 Å². The molecule has 0 unspecified atom stereocenters. The summed E-state index contributed by atoms with van der Waals surface area (Å²) in [5.41, 5.74) is 4.39. The topological polar surface area (TPSA) is 66.2 Å². The number of carbonyl (C=O) groups excluding carboxylic acids is 1. The van der Waals surface area contributed by atoms with Crippen LogP contribution in [0, 0.1) is 5.82 Å². The van der Waals surface area contributed by atoms with Crippen LogP contribution in [0.4, 0.5) is 10.1 Å². The summed E-state index contributed by atoms with van der Waals surface area (Å²) in [5.74, 6) is -2.50. The Morgan fingerprint density at radius 2 is 2.18 bits per heavy atom. The van der Waals surface area contributed by atoms with Gasteiger partial charge in [-0.2, -0.15) is 0 Å². The zero-order valence-electron chi connectivity index (χ0n) is 5.50. The second-order valence-electron chi connectivity index (χ2n) is 2.00. The van der Waals surface area contributed by atoms with Crippen LogP contribution in [-0.2, 0) is 0 Å². The highest BCUT2D eigenvalue weighted by molar-refractivity contribution is 5.87. The Labute approximate surface area is 62.3 Å². The van der Waals surface area contributed by atoms with E-state index in [2.05, 4.69) is 0 Å². The highest BCUT2D eigenvalue weighted by Gasteiger charge is 2.04. The first kappa shape index (κ1) is 7.53. The molecule has 0 saturated carbocycles. The molecule has 0 spiro atoms. The number of halogens is 1. The van der Waals surface area contributed by atoms with Gasteiger partial charge in [0.15, 0.2) is 5.82 Å². The first-order valence-electron chi connectivity index (χ1n) is 2.88. The number of hydrogen-bond acceptors (Lipinski definition) is 3. The predicted octanol–water partition coefficient (Wildman–Crippen LogP) is -0.229. The second-order valence-corrected chi connectivity index (χ2v) is 2.00. The van der Waals surface area contributed by atoms with Crippen molar-refractivity contribution in [3.05, 3.63) is 29.6 Å². The van der Waals surface area contributed by atoms with Crippen LogP contribution in [0.1, 0.15) is 10.4 Å². The van der Waals surface area contributed by atoms with E-state index in [0.717, 1.165) is 6.07 Å². The number of carboxylic acid groups (broad SMARTS) is 1. The predicted molar refractivity (Wildman–Crippen MR) is 35.1 cm³/mol. The summed E-state index contributed by atoms with van der Waals surface area (Å²) in [5, 5.41) is 10.2. The fraction of sp³-hybridized carbons (Fsp3) is 0. The van der Waals surface area contributed by atoms with Crippen LogP contribution in [0.5, 0.6) is 0 Å². The molecule has 0 aliphatic rings. The van der Waals surface area contributed by atoms with Gasteiger partial charge in [-0.25, -0.2) is 4.39 Å². The molecule has 58 valence electrons. The maximum Gasteiger partial charge on any atom is 0.155 e. The van der Waals surface area contributed by atoms with Crippen LogP contribution in [0.3, 0.4) is 0 Å². The van der Waals surface area contributed by atoms with Crippen molar-refractivity contribution in [2.24, 2.45) is 0 Å². The van der Waals surface area contributed by atoms with Crippen molar-refractivity contribution in [3.8, 4) is 0 Å². The Kier molecular flexibility index (Phi) is 1.76. The Balaban J connectivity index is 3.27. The number of nitrogens with two attached hydrogens (primary N) is 1. The molecule has 2 N–H and O–H groups in total. The summed E-state index contributed by atoms with van der Waals surface area (Å²) in [7, 11) is 0. The van der Waals surface area contributed by atoms with Crippen molar-refractivity contribution in [3.63, 3.8) is 0 Å². The van der Waals surface area contributed by atoms with Gasteiger partial charge in [0.1, 0.15) is 0 Å². The average Bonchev–Trinajstić information content (AvgIpc) is 1.94. The number of aromatic carboxylic acids is 1. The lowest BCUT2D eigenvalue weighted by atomic mass is 10.2. The highest BCUT2D eigenvalue weighted by atomic mass is 19.1. The summed E-state index contributed by atoms with van der Waals surface area (Å²) in [6.07, 6.45) is 0. The minimum absolute atomic E-state index is 0.188. The third-order valence-corrected chi connectivity index (χ3v) is 1.25. The number of rotatable bonds is 1. The molecule has 0 saturated heterocycles. The number of nitrogen functional groups attached to an aromatic ring is 1. The lowest BCUT2D eigenvalue weighted by Crippen LogP contribution is -2.23.